The third kappa shape index (κ3) is 2.69. The van der Waals surface area contributed by atoms with Gasteiger partial charge in [0, 0.05) is 19.6 Å². The first-order chi connectivity index (χ1) is 6.69. The standard InChI is InChI=1S/C10H20N2O2/c1-4-12-7-6-11(3)9(8-12)10(13)14-5-2/h9H,4-8H2,1-3H3. The molecule has 4 heteroatoms. The number of esters is 1. The number of rotatable bonds is 3. The molecule has 0 radical (unpaired) electrons. The number of hydrogen-bond acceptors (Lipinski definition) is 4. The van der Waals surface area contributed by atoms with Crippen molar-refractivity contribution in [2.45, 2.75) is 19.9 Å². The van der Waals surface area contributed by atoms with Gasteiger partial charge in [0.05, 0.1) is 6.61 Å². The zero-order chi connectivity index (χ0) is 10.6. The molecular weight excluding hydrogens is 180 g/mol. The van der Waals surface area contributed by atoms with E-state index in [-0.39, 0.29) is 12.0 Å². The van der Waals surface area contributed by atoms with Gasteiger partial charge < -0.3 is 9.64 Å². The van der Waals surface area contributed by atoms with E-state index in [0.29, 0.717) is 6.61 Å². The van der Waals surface area contributed by atoms with Gasteiger partial charge >= 0.3 is 5.97 Å². The second kappa shape index (κ2) is 5.32. The predicted molar refractivity (Wildman–Crippen MR) is 55.2 cm³/mol. The van der Waals surface area contributed by atoms with Crippen LogP contribution in [-0.4, -0.2) is 61.6 Å². The largest absolute Gasteiger partial charge is 0.465 e. The zero-order valence-corrected chi connectivity index (χ0v) is 9.32. The third-order valence-electron chi connectivity index (χ3n) is 2.74. The monoisotopic (exact) mass is 200 g/mol. The van der Waals surface area contributed by atoms with Crippen molar-refractivity contribution in [3.63, 3.8) is 0 Å². The van der Waals surface area contributed by atoms with E-state index in [1.54, 1.807) is 0 Å². The highest BCUT2D eigenvalue weighted by Gasteiger charge is 2.30. The lowest BCUT2D eigenvalue weighted by atomic mass is 10.2. The summed E-state index contributed by atoms with van der Waals surface area (Å²) in [5, 5.41) is 0. The van der Waals surface area contributed by atoms with Crippen LogP contribution in [0.25, 0.3) is 0 Å². The Balaban J connectivity index is 2.51. The van der Waals surface area contributed by atoms with E-state index in [0.717, 1.165) is 26.2 Å². The first-order valence-electron chi connectivity index (χ1n) is 5.28. The number of ether oxygens (including phenoxy) is 1. The van der Waals surface area contributed by atoms with Crippen molar-refractivity contribution < 1.29 is 9.53 Å². The maximum absolute atomic E-state index is 11.6. The average molecular weight is 200 g/mol. The Bertz CT molecular complexity index is 197. The van der Waals surface area contributed by atoms with Gasteiger partial charge in [-0.3, -0.25) is 9.69 Å². The van der Waals surface area contributed by atoms with Gasteiger partial charge in [-0.15, -0.1) is 0 Å². The van der Waals surface area contributed by atoms with Crippen LogP contribution in [0.15, 0.2) is 0 Å². The number of piperazine rings is 1. The number of carbonyl (C=O) groups is 1. The van der Waals surface area contributed by atoms with Crippen molar-refractivity contribution in [2.75, 3.05) is 39.8 Å². The summed E-state index contributed by atoms with van der Waals surface area (Å²) < 4.78 is 5.04. The summed E-state index contributed by atoms with van der Waals surface area (Å²) in [4.78, 5) is 15.9. The molecule has 0 aromatic heterocycles. The van der Waals surface area contributed by atoms with E-state index in [4.69, 9.17) is 4.74 Å². The minimum Gasteiger partial charge on any atom is -0.465 e. The predicted octanol–water partition coefficient (Wildman–Crippen LogP) is 0.185. The molecule has 82 valence electrons. The molecule has 0 N–H and O–H groups in total. The summed E-state index contributed by atoms with van der Waals surface area (Å²) in [6.07, 6.45) is 0. The fraction of sp³-hybridized carbons (Fsp3) is 0.900. The van der Waals surface area contributed by atoms with Crippen LogP contribution in [0.5, 0.6) is 0 Å². The summed E-state index contributed by atoms with van der Waals surface area (Å²) in [5.41, 5.74) is 0. The van der Waals surface area contributed by atoms with Crippen LogP contribution < -0.4 is 0 Å². The summed E-state index contributed by atoms with van der Waals surface area (Å²) >= 11 is 0. The van der Waals surface area contributed by atoms with Crippen molar-refractivity contribution in [3.8, 4) is 0 Å². The van der Waals surface area contributed by atoms with Gasteiger partial charge in [-0.2, -0.15) is 0 Å². The Morgan fingerprint density at radius 1 is 1.43 bits per heavy atom. The van der Waals surface area contributed by atoms with Gasteiger partial charge in [0.1, 0.15) is 6.04 Å². The van der Waals surface area contributed by atoms with Gasteiger partial charge in [-0.05, 0) is 20.5 Å². The Morgan fingerprint density at radius 2 is 2.14 bits per heavy atom. The fourth-order valence-corrected chi connectivity index (χ4v) is 1.71. The molecule has 1 aliphatic rings. The van der Waals surface area contributed by atoms with Gasteiger partial charge in [0.25, 0.3) is 0 Å². The van der Waals surface area contributed by atoms with Crippen molar-refractivity contribution in [1.29, 1.82) is 0 Å². The molecule has 1 fully saturated rings. The van der Waals surface area contributed by atoms with E-state index >= 15 is 0 Å². The van der Waals surface area contributed by atoms with Crippen molar-refractivity contribution in [3.05, 3.63) is 0 Å². The van der Waals surface area contributed by atoms with Crippen LogP contribution in [0.3, 0.4) is 0 Å². The quantitative estimate of drug-likeness (QED) is 0.609. The number of hydrogen-bond donors (Lipinski definition) is 0. The van der Waals surface area contributed by atoms with Crippen LogP contribution in [0.4, 0.5) is 0 Å². The molecule has 0 spiro atoms. The van der Waals surface area contributed by atoms with E-state index in [1.807, 2.05) is 14.0 Å². The number of nitrogens with zero attached hydrogens (tertiary/aromatic N) is 2. The second-order valence-corrected chi connectivity index (χ2v) is 3.64. The maximum atomic E-state index is 11.6. The Kier molecular flexibility index (Phi) is 4.35. The minimum absolute atomic E-state index is 0.0800. The number of likely N-dealkylation sites (N-methyl/N-ethyl adjacent to an activating group) is 2. The lowest BCUT2D eigenvalue weighted by Gasteiger charge is -2.37. The van der Waals surface area contributed by atoms with Gasteiger partial charge in [0.2, 0.25) is 0 Å². The minimum atomic E-state index is -0.0897. The lowest BCUT2D eigenvalue weighted by molar-refractivity contribution is -0.151. The van der Waals surface area contributed by atoms with Crippen molar-refractivity contribution in [2.24, 2.45) is 0 Å². The Labute approximate surface area is 85.8 Å². The Morgan fingerprint density at radius 3 is 2.71 bits per heavy atom. The molecule has 0 amide bonds. The lowest BCUT2D eigenvalue weighted by Crippen LogP contribution is -2.55. The van der Waals surface area contributed by atoms with E-state index in [2.05, 4.69) is 16.7 Å². The van der Waals surface area contributed by atoms with Gasteiger partial charge in [-0.25, -0.2) is 0 Å². The SMILES string of the molecule is CCOC(=O)C1CN(CC)CCN1C. The van der Waals surface area contributed by atoms with Crippen LogP contribution in [0, 0.1) is 0 Å². The van der Waals surface area contributed by atoms with Crippen molar-refractivity contribution in [1.82, 2.24) is 9.80 Å². The first kappa shape index (κ1) is 11.5. The summed E-state index contributed by atoms with van der Waals surface area (Å²) in [6, 6.07) is -0.0800. The molecule has 0 aliphatic carbocycles. The molecule has 1 aliphatic heterocycles. The molecule has 1 unspecified atom stereocenters. The fourth-order valence-electron chi connectivity index (χ4n) is 1.71. The molecule has 4 nitrogen and oxygen atoms in total. The summed E-state index contributed by atoms with van der Waals surface area (Å²) in [6.45, 7) is 8.22. The van der Waals surface area contributed by atoms with Crippen LogP contribution in [-0.2, 0) is 9.53 Å². The normalized spacial score (nSPS) is 24.9. The van der Waals surface area contributed by atoms with E-state index in [1.165, 1.54) is 0 Å². The first-order valence-corrected chi connectivity index (χ1v) is 5.28. The van der Waals surface area contributed by atoms with Crippen LogP contribution >= 0.6 is 0 Å². The van der Waals surface area contributed by atoms with Crippen LogP contribution in [0.1, 0.15) is 13.8 Å². The molecule has 1 saturated heterocycles. The molecule has 1 atom stereocenters. The molecular formula is C10H20N2O2. The van der Waals surface area contributed by atoms with Crippen molar-refractivity contribution >= 4 is 5.97 Å². The molecule has 0 saturated carbocycles. The second-order valence-electron chi connectivity index (χ2n) is 3.64. The number of carbonyl (C=O) groups excluding carboxylic acids is 1. The summed E-state index contributed by atoms with van der Waals surface area (Å²) in [5.74, 6) is -0.0897. The van der Waals surface area contributed by atoms with Gasteiger partial charge in [-0.1, -0.05) is 6.92 Å². The van der Waals surface area contributed by atoms with Gasteiger partial charge in [0.15, 0.2) is 0 Å². The van der Waals surface area contributed by atoms with Crippen LogP contribution in [0.2, 0.25) is 0 Å². The highest BCUT2D eigenvalue weighted by atomic mass is 16.5. The maximum Gasteiger partial charge on any atom is 0.324 e. The summed E-state index contributed by atoms with van der Waals surface area (Å²) in [7, 11) is 1.98. The smallest absolute Gasteiger partial charge is 0.324 e. The highest BCUT2D eigenvalue weighted by Crippen LogP contribution is 2.08. The topological polar surface area (TPSA) is 32.8 Å². The Hall–Kier alpha value is -0.610. The molecule has 0 aromatic carbocycles. The molecule has 0 aromatic rings. The highest BCUT2D eigenvalue weighted by molar-refractivity contribution is 5.76. The average Bonchev–Trinajstić information content (AvgIpc) is 2.19. The molecule has 1 rings (SSSR count). The van der Waals surface area contributed by atoms with E-state index in [9.17, 15) is 4.79 Å². The molecule has 14 heavy (non-hydrogen) atoms. The van der Waals surface area contributed by atoms with E-state index < -0.39 is 0 Å². The molecule has 1 heterocycles. The molecule has 0 bridgehead atoms. The third-order valence-corrected chi connectivity index (χ3v) is 2.74. The zero-order valence-electron chi connectivity index (χ0n) is 9.32.